The summed E-state index contributed by atoms with van der Waals surface area (Å²) in [6, 6.07) is 5.57. The van der Waals surface area contributed by atoms with Crippen LogP contribution in [0.5, 0.6) is 0 Å². The Morgan fingerprint density at radius 2 is 2.00 bits per heavy atom. The second-order valence-electron chi connectivity index (χ2n) is 6.24. The molecule has 0 radical (unpaired) electrons. The van der Waals surface area contributed by atoms with Crippen LogP contribution >= 0.6 is 0 Å². The van der Waals surface area contributed by atoms with Crippen molar-refractivity contribution in [3.05, 3.63) is 40.6 Å². The molecule has 3 rings (SSSR count). The summed E-state index contributed by atoms with van der Waals surface area (Å²) in [7, 11) is 0. The van der Waals surface area contributed by atoms with Crippen molar-refractivity contribution < 1.29 is 13.9 Å². The maximum atomic E-state index is 12.9. The predicted octanol–water partition coefficient (Wildman–Crippen LogP) is 2.58. The Bertz CT molecular complexity index is 697. The number of aliphatic hydroxyl groups is 1. The van der Waals surface area contributed by atoms with Crippen molar-refractivity contribution in [2.24, 2.45) is 5.92 Å². The molecule has 1 aliphatic carbocycles. The van der Waals surface area contributed by atoms with E-state index in [0.717, 1.165) is 17.5 Å². The van der Waals surface area contributed by atoms with Gasteiger partial charge in [-0.2, -0.15) is 4.68 Å². The highest BCUT2D eigenvalue weighted by atomic mass is 19.1. The topological polar surface area (TPSA) is 68.3 Å². The molecule has 118 valence electrons. The smallest absolute Gasteiger partial charge is 0.388 e. The first-order chi connectivity index (χ1) is 10.5. The fourth-order valence-corrected chi connectivity index (χ4v) is 2.85. The molecule has 22 heavy (non-hydrogen) atoms. The molecule has 1 fully saturated rings. The van der Waals surface area contributed by atoms with Gasteiger partial charge in [-0.3, -0.25) is 0 Å². The molecule has 0 amide bonds. The molecule has 2 aromatic rings. The molecule has 0 atom stereocenters. The van der Waals surface area contributed by atoms with E-state index >= 15 is 0 Å². The summed E-state index contributed by atoms with van der Waals surface area (Å²) in [6.45, 7) is 2.29. The van der Waals surface area contributed by atoms with Gasteiger partial charge in [0, 0.05) is 5.56 Å². The van der Waals surface area contributed by atoms with Gasteiger partial charge in [-0.05, 0) is 55.9 Å². The highest BCUT2D eigenvalue weighted by Crippen LogP contribution is 2.32. The van der Waals surface area contributed by atoms with Gasteiger partial charge in [0.25, 0.3) is 0 Å². The van der Waals surface area contributed by atoms with Crippen LogP contribution in [-0.2, 0) is 6.54 Å². The monoisotopic (exact) mass is 306 g/mol. The predicted molar refractivity (Wildman–Crippen MR) is 78.7 cm³/mol. The maximum absolute atomic E-state index is 12.9. The van der Waals surface area contributed by atoms with Gasteiger partial charge in [-0.25, -0.2) is 9.18 Å². The molecule has 1 N–H and O–H groups in total. The second-order valence-corrected chi connectivity index (χ2v) is 6.24. The van der Waals surface area contributed by atoms with Crippen LogP contribution in [0.4, 0.5) is 4.39 Å². The Kier molecular flexibility index (Phi) is 3.87. The summed E-state index contributed by atoms with van der Waals surface area (Å²) in [5.41, 5.74) is -0.380. The fourth-order valence-electron chi connectivity index (χ4n) is 2.85. The van der Waals surface area contributed by atoms with Crippen molar-refractivity contribution in [1.82, 2.24) is 9.78 Å². The van der Waals surface area contributed by atoms with Crippen LogP contribution in [0.25, 0.3) is 11.5 Å². The van der Waals surface area contributed by atoms with Crippen molar-refractivity contribution in [1.29, 1.82) is 0 Å². The molecular weight excluding hydrogens is 287 g/mol. The third kappa shape index (κ3) is 3.11. The van der Waals surface area contributed by atoms with Gasteiger partial charge in [0.15, 0.2) is 0 Å². The Morgan fingerprint density at radius 1 is 1.36 bits per heavy atom. The Balaban J connectivity index is 1.81. The molecule has 6 heteroatoms. The average molecular weight is 306 g/mol. The Hall–Kier alpha value is -1.95. The van der Waals surface area contributed by atoms with Crippen molar-refractivity contribution in [3.8, 4) is 11.5 Å². The Morgan fingerprint density at radius 3 is 2.64 bits per heavy atom. The third-order valence-electron chi connectivity index (χ3n) is 4.35. The summed E-state index contributed by atoms with van der Waals surface area (Å²) < 4.78 is 19.2. The molecule has 5 nitrogen and oxygen atoms in total. The summed E-state index contributed by atoms with van der Waals surface area (Å²) in [6.07, 6.45) is 3.18. The number of nitrogens with zero attached hydrogens (tertiary/aromatic N) is 2. The summed E-state index contributed by atoms with van der Waals surface area (Å²) >= 11 is 0. The highest BCUT2D eigenvalue weighted by Gasteiger charge is 2.33. The van der Waals surface area contributed by atoms with Crippen LogP contribution in [0.1, 0.15) is 32.6 Å². The number of benzene rings is 1. The summed E-state index contributed by atoms with van der Waals surface area (Å²) in [5, 5.41) is 14.7. The van der Waals surface area contributed by atoms with E-state index in [-0.39, 0.29) is 18.3 Å². The average Bonchev–Trinajstić information content (AvgIpc) is 2.84. The molecule has 1 aliphatic rings. The van der Waals surface area contributed by atoms with Gasteiger partial charge in [-0.15, -0.1) is 5.10 Å². The standard InChI is InChI=1S/C16H19FN2O3/c1-11-6-8-16(21,9-7-11)10-19-15(20)22-14(18-19)12-2-4-13(17)5-3-12/h2-5,11,21H,6-10H2,1H3. The van der Waals surface area contributed by atoms with Crippen molar-refractivity contribution in [3.63, 3.8) is 0 Å². The Labute approximate surface area is 127 Å². The van der Waals surface area contributed by atoms with Crippen LogP contribution in [0, 0.1) is 11.7 Å². The molecule has 1 aromatic heterocycles. The maximum Gasteiger partial charge on any atom is 0.437 e. The fraction of sp³-hybridized carbons (Fsp3) is 0.500. The van der Waals surface area contributed by atoms with E-state index < -0.39 is 11.4 Å². The molecule has 1 heterocycles. The number of halogens is 1. The molecule has 0 saturated heterocycles. The van der Waals surface area contributed by atoms with E-state index in [1.807, 2.05) is 0 Å². The largest absolute Gasteiger partial charge is 0.437 e. The normalized spacial score (nSPS) is 25.3. The van der Waals surface area contributed by atoms with Crippen LogP contribution < -0.4 is 5.76 Å². The molecular formula is C16H19FN2O3. The van der Waals surface area contributed by atoms with E-state index in [9.17, 15) is 14.3 Å². The van der Waals surface area contributed by atoms with Gasteiger partial charge < -0.3 is 9.52 Å². The number of aromatic nitrogens is 2. The SMILES string of the molecule is CC1CCC(O)(Cn2nc(-c3ccc(F)cc3)oc2=O)CC1. The first-order valence-corrected chi connectivity index (χ1v) is 7.51. The minimum Gasteiger partial charge on any atom is -0.388 e. The van der Waals surface area contributed by atoms with E-state index in [1.54, 1.807) is 0 Å². The van der Waals surface area contributed by atoms with Crippen LogP contribution in [-0.4, -0.2) is 20.5 Å². The van der Waals surface area contributed by atoms with E-state index in [4.69, 9.17) is 4.42 Å². The van der Waals surface area contributed by atoms with Gasteiger partial charge >= 0.3 is 5.76 Å². The minimum atomic E-state index is -0.909. The molecule has 0 aliphatic heterocycles. The van der Waals surface area contributed by atoms with Crippen molar-refractivity contribution >= 4 is 0 Å². The van der Waals surface area contributed by atoms with E-state index in [2.05, 4.69) is 12.0 Å². The van der Waals surface area contributed by atoms with Gasteiger partial charge in [0.2, 0.25) is 5.89 Å². The van der Waals surface area contributed by atoms with E-state index in [1.165, 1.54) is 24.3 Å². The number of hydrogen-bond donors (Lipinski definition) is 1. The molecule has 0 bridgehead atoms. The van der Waals surface area contributed by atoms with Crippen molar-refractivity contribution in [2.45, 2.75) is 44.8 Å². The molecule has 1 aromatic carbocycles. The van der Waals surface area contributed by atoms with Gasteiger partial charge in [0.05, 0.1) is 12.1 Å². The lowest BCUT2D eigenvalue weighted by Crippen LogP contribution is -2.40. The highest BCUT2D eigenvalue weighted by molar-refractivity contribution is 5.51. The zero-order chi connectivity index (χ0) is 15.7. The summed E-state index contributed by atoms with van der Waals surface area (Å²) in [4.78, 5) is 11.9. The third-order valence-corrected chi connectivity index (χ3v) is 4.35. The number of rotatable bonds is 3. The molecule has 0 spiro atoms. The zero-order valence-corrected chi connectivity index (χ0v) is 12.5. The zero-order valence-electron chi connectivity index (χ0n) is 12.5. The first kappa shape index (κ1) is 15.0. The molecule has 0 unspecified atom stereocenters. The van der Waals surface area contributed by atoms with Gasteiger partial charge in [-0.1, -0.05) is 6.92 Å². The van der Waals surface area contributed by atoms with E-state index in [0.29, 0.717) is 24.3 Å². The first-order valence-electron chi connectivity index (χ1n) is 7.51. The minimum absolute atomic E-state index is 0.128. The van der Waals surface area contributed by atoms with Gasteiger partial charge in [0.1, 0.15) is 5.82 Å². The lowest BCUT2D eigenvalue weighted by Gasteiger charge is -2.34. The quantitative estimate of drug-likeness (QED) is 0.946. The number of hydrogen-bond acceptors (Lipinski definition) is 4. The van der Waals surface area contributed by atoms with Crippen LogP contribution in [0.15, 0.2) is 33.5 Å². The lowest BCUT2D eigenvalue weighted by atomic mass is 9.79. The van der Waals surface area contributed by atoms with Crippen molar-refractivity contribution in [2.75, 3.05) is 0 Å². The second kappa shape index (κ2) is 5.68. The van der Waals surface area contributed by atoms with Crippen LogP contribution in [0.2, 0.25) is 0 Å². The lowest BCUT2D eigenvalue weighted by molar-refractivity contribution is -0.0257. The van der Waals surface area contributed by atoms with Crippen LogP contribution in [0.3, 0.4) is 0 Å². The molecule has 1 saturated carbocycles. The summed E-state index contributed by atoms with van der Waals surface area (Å²) in [5.74, 6) is -0.232.